The van der Waals surface area contributed by atoms with E-state index in [4.69, 9.17) is 4.74 Å². The van der Waals surface area contributed by atoms with Crippen molar-refractivity contribution >= 4 is 34.3 Å². The fourth-order valence-electron chi connectivity index (χ4n) is 2.66. The molecule has 0 aliphatic heterocycles. The summed E-state index contributed by atoms with van der Waals surface area (Å²) >= 11 is 2.13. The Morgan fingerprint density at radius 2 is 1.82 bits per heavy atom. The summed E-state index contributed by atoms with van der Waals surface area (Å²) in [6, 6.07) is 12.9. The highest BCUT2D eigenvalue weighted by molar-refractivity contribution is 14.1. The van der Waals surface area contributed by atoms with Crippen LogP contribution in [-0.4, -0.2) is 18.4 Å². The molecule has 0 radical (unpaired) electrons. The maximum absolute atomic E-state index is 12.2. The molecule has 0 heterocycles. The van der Waals surface area contributed by atoms with E-state index >= 15 is 0 Å². The maximum atomic E-state index is 12.2. The first-order valence-corrected chi connectivity index (χ1v) is 8.29. The number of ether oxygens (including phenoxy) is 1. The van der Waals surface area contributed by atoms with Crippen LogP contribution in [0, 0.1) is 3.57 Å². The Morgan fingerprint density at radius 1 is 1.00 bits per heavy atom. The SMILES string of the molecule is O=C(COC(=O)c1cccc(I)c1)c1ccc2c(c1)CCC2. The molecule has 2 aromatic carbocycles. The van der Waals surface area contributed by atoms with Crippen molar-refractivity contribution in [2.45, 2.75) is 19.3 Å². The minimum Gasteiger partial charge on any atom is -0.454 e. The Labute approximate surface area is 142 Å². The molecular formula is C18H15IO3. The van der Waals surface area contributed by atoms with Crippen LogP contribution in [0.25, 0.3) is 0 Å². The van der Waals surface area contributed by atoms with Gasteiger partial charge in [0.05, 0.1) is 5.56 Å². The predicted octanol–water partition coefficient (Wildman–Crippen LogP) is 3.82. The molecule has 1 aliphatic rings. The van der Waals surface area contributed by atoms with E-state index in [0.29, 0.717) is 11.1 Å². The van der Waals surface area contributed by atoms with Crippen LogP contribution < -0.4 is 0 Å². The van der Waals surface area contributed by atoms with Crippen molar-refractivity contribution in [2.75, 3.05) is 6.61 Å². The maximum Gasteiger partial charge on any atom is 0.338 e. The Balaban J connectivity index is 1.64. The summed E-state index contributed by atoms with van der Waals surface area (Å²) in [5.41, 5.74) is 3.66. The van der Waals surface area contributed by atoms with Crippen molar-refractivity contribution in [3.63, 3.8) is 0 Å². The zero-order valence-electron chi connectivity index (χ0n) is 12.0. The van der Waals surface area contributed by atoms with Crippen LogP contribution in [0.15, 0.2) is 42.5 Å². The second-order valence-corrected chi connectivity index (χ2v) is 6.59. The van der Waals surface area contributed by atoms with Gasteiger partial charge < -0.3 is 4.74 Å². The van der Waals surface area contributed by atoms with Gasteiger partial charge in [0, 0.05) is 9.13 Å². The summed E-state index contributed by atoms with van der Waals surface area (Å²) < 4.78 is 6.08. The van der Waals surface area contributed by atoms with Crippen LogP contribution in [0.3, 0.4) is 0 Å². The Hall–Kier alpha value is -1.69. The number of carbonyl (C=O) groups excluding carboxylic acids is 2. The first-order chi connectivity index (χ1) is 10.6. The van der Waals surface area contributed by atoms with Gasteiger partial charge in [-0.3, -0.25) is 4.79 Å². The summed E-state index contributed by atoms with van der Waals surface area (Å²) in [4.78, 5) is 24.1. The molecule has 4 heteroatoms. The van der Waals surface area contributed by atoms with Gasteiger partial charge in [-0.15, -0.1) is 0 Å². The third kappa shape index (κ3) is 3.38. The highest BCUT2D eigenvalue weighted by Crippen LogP contribution is 2.23. The Bertz CT molecular complexity index is 737. The molecule has 0 aromatic heterocycles. The second-order valence-electron chi connectivity index (χ2n) is 5.35. The van der Waals surface area contributed by atoms with Gasteiger partial charge in [0.1, 0.15) is 0 Å². The van der Waals surface area contributed by atoms with E-state index in [9.17, 15) is 9.59 Å². The molecule has 0 unspecified atom stereocenters. The Morgan fingerprint density at radius 3 is 2.64 bits per heavy atom. The lowest BCUT2D eigenvalue weighted by atomic mass is 10.0. The van der Waals surface area contributed by atoms with Gasteiger partial charge in [-0.05, 0) is 77.2 Å². The van der Waals surface area contributed by atoms with Crippen molar-refractivity contribution in [3.05, 3.63) is 68.3 Å². The smallest absolute Gasteiger partial charge is 0.338 e. The second kappa shape index (κ2) is 6.60. The minimum atomic E-state index is -0.465. The summed E-state index contributed by atoms with van der Waals surface area (Å²) in [7, 11) is 0. The molecule has 3 rings (SSSR count). The van der Waals surface area contributed by atoms with Crippen molar-refractivity contribution in [1.29, 1.82) is 0 Å². The first kappa shape index (κ1) is 15.2. The molecule has 0 spiro atoms. The van der Waals surface area contributed by atoms with Gasteiger partial charge in [-0.25, -0.2) is 4.79 Å². The predicted molar refractivity (Wildman–Crippen MR) is 92.2 cm³/mol. The lowest BCUT2D eigenvalue weighted by Crippen LogP contribution is -2.14. The van der Waals surface area contributed by atoms with Gasteiger partial charge in [0.2, 0.25) is 0 Å². The summed E-state index contributed by atoms with van der Waals surface area (Å²) in [6.07, 6.45) is 3.26. The number of fused-ring (bicyclic) bond motifs is 1. The highest BCUT2D eigenvalue weighted by Gasteiger charge is 2.16. The number of halogens is 1. The number of aryl methyl sites for hydroxylation is 2. The molecule has 0 saturated heterocycles. The number of hydrogen-bond donors (Lipinski definition) is 0. The highest BCUT2D eigenvalue weighted by atomic mass is 127. The number of ketones is 1. The molecule has 22 heavy (non-hydrogen) atoms. The molecule has 0 bridgehead atoms. The van der Waals surface area contributed by atoms with E-state index in [0.717, 1.165) is 22.8 Å². The van der Waals surface area contributed by atoms with E-state index in [1.165, 1.54) is 11.1 Å². The molecule has 2 aromatic rings. The lowest BCUT2D eigenvalue weighted by molar-refractivity contribution is 0.0474. The molecule has 0 fully saturated rings. The number of carbonyl (C=O) groups is 2. The molecule has 0 saturated carbocycles. The van der Waals surface area contributed by atoms with Crippen LogP contribution in [0.2, 0.25) is 0 Å². The number of hydrogen-bond acceptors (Lipinski definition) is 3. The van der Waals surface area contributed by atoms with Crippen molar-refractivity contribution in [2.24, 2.45) is 0 Å². The molecular weight excluding hydrogens is 391 g/mol. The monoisotopic (exact) mass is 406 g/mol. The van der Waals surface area contributed by atoms with Gasteiger partial charge in [-0.1, -0.05) is 18.2 Å². The quantitative estimate of drug-likeness (QED) is 0.441. The van der Waals surface area contributed by atoms with E-state index in [1.54, 1.807) is 18.2 Å². The van der Waals surface area contributed by atoms with Gasteiger partial charge in [-0.2, -0.15) is 0 Å². The Kier molecular flexibility index (Phi) is 4.57. The normalized spacial score (nSPS) is 12.8. The van der Waals surface area contributed by atoms with Gasteiger partial charge >= 0.3 is 5.97 Å². The van der Waals surface area contributed by atoms with Crippen molar-refractivity contribution in [1.82, 2.24) is 0 Å². The zero-order chi connectivity index (χ0) is 15.5. The van der Waals surface area contributed by atoms with Crippen LogP contribution in [0.4, 0.5) is 0 Å². The van der Waals surface area contributed by atoms with Gasteiger partial charge in [0.15, 0.2) is 12.4 Å². The molecule has 0 amide bonds. The van der Waals surface area contributed by atoms with E-state index in [2.05, 4.69) is 22.6 Å². The third-order valence-electron chi connectivity index (χ3n) is 3.82. The van der Waals surface area contributed by atoms with Crippen LogP contribution >= 0.6 is 22.6 Å². The summed E-state index contributed by atoms with van der Waals surface area (Å²) in [6.45, 7) is -0.219. The molecule has 0 N–H and O–H groups in total. The van der Waals surface area contributed by atoms with Crippen LogP contribution in [0.1, 0.15) is 38.3 Å². The zero-order valence-corrected chi connectivity index (χ0v) is 14.1. The van der Waals surface area contributed by atoms with Crippen LogP contribution in [0.5, 0.6) is 0 Å². The molecule has 1 aliphatic carbocycles. The topological polar surface area (TPSA) is 43.4 Å². The standard InChI is InChI=1S/C18H15IO3/c19-16-6-2-5-15(10-16)18(21)22-11-17(20)14-8-7-12-3-1-4-13(12)9-14/h2,5-10H,1,3-4,11H2. The van der Waals surface area contributed by atoms with E-state index in [-0.39, 0.29) is 12.4 Å². The fraction of sp³-hybridized carbons (Fsp3) is 0.222. The summed E-state index contributed by atoms with van der Waals surface area (Å²) in [5, 5.41) is 0. The lowest BCUT2D eigenvalue weighted by Gasteiger charge is -2.06. The number of benzene rings is 2. The van der Waals surface area contributed by atoms with E-state index < -0.39 is 5.97 Å². The van der Waals surface area contributed by atoms with Gasteiger partial charge in [0.25, 0.3) is 0 Å². The largest absolute Gasteiger partial charge is 0.454 e. The van der Waals surface area contributed by atoms with Crippen molar-refractivity contribution < 1.29 is 14.3 Å². The van der Waals surface area contributed by atoms with E-state index in [1.807, 2.05) is 24.3 Å². The van der Waals surface area contributed by atoms with Crippen molar-refractivity contribution in [3.8, 4) is 0 Å². The molecule has 112 valence electrons. The average molecular weight is 406 g/mol. The first-order valence-electron chi connectivity index (χ1n) is 7.21. The molecule has 3 nitrogen and oxygen atoms in total. The third-order valence-corrected chi connectivity index (χ3v) is 4.49. The number of esters is 1. The average Bonchev–Trinajstić information content (AvgIpc) is 2.99. The number of Topliss-reactive ketones (excluding diaryl/α,β-unsaturated/α-hetero) is 1. The molecule has 0 atom stereocenters. The summed E-state index contributed by atoms with van der Waals surface area (Å²) in [5.74, 6) is -0.623. The van der Waals surface area contributed by atoms with Crippen LogP contribution in [-0.2, 0) is 17.6 Å². The fourth-order valence-corrected chi connectivity index (χ4v) is 3.20. The number of rotatable bonds is 4. The minimum absolute atomic E-state index is 0.159.